The second kappa shape index (κ2) is 6.65. The van der Waals surface area contributed by atoms with Gasteiger partial charge in [0.05, 0.1) is 19.0 Å². The fourth-order valence-corrected chi connectivity index (χ4v) is 1.96. The van der Waals surface area contributed by atoms with Crippen LogP contribution in [0.15, 0.2) is 54.7 Å². The highest BCUT2D eigenvalue weighted by molar-refractivity contribution is 5.69. The number of nitrogens with two attached hydrogens (primary N) is 1. The molecule has 0 unspecified atom stereocenters. The Morgan fingerprint density at radius 1 is 1.00 bits per heavy atom. The maximum Gasteiger partial charge on any atom is 0.229 e. The molecule has 0 aliphatic carbocycles. The van der Waals surface area contributed by atoms with E-state index in [9.17, 15) is 0 Å². The summed E-state index contributed by atoms with van der Waals surface area (Å²) in [5.74, 6) is 1.79. The molecule has 115 valence electrons. The average molecular weight is 306 g/mol. The Morgan fingerprint density at radius 3 is 2.39 bits per heavy atom. The summed E-state index contributed by atoms with van der Waals surface area (Å²) in [4.78, 5) is 8.60. The van der Waals surface area contributed by atoms with Crippen molar-refractivity contribution in [2.45, 2.75) is 0 Å². The Morgan fingerprint density at radius 2 is 1.70 bits per heavy atom. The zero-order valence-electron chi connectivity index (χ0n) is 12.6. The second-order valence-corrected chi connectivity index (χ2v) is 4.76. The summed E-state index contributed by atoms with van der Waals surface area (Å²) < 4.78 is 5.13. The quantitative estimate of drug-likeness (QED) is 0.670. The van der Waals surface area contributed by atoms with Gasteiger partial charge in [-0.25, -0.2) is 4.98 Å². The van der Waals surface area contributed by atoms with E-state index in [2.05, 4.69) is 26.7 Å². The van der Waals surface area contributed by atoms with Gasteiger partial charge in [0.25, 0.3) is 0 Å². The number of nitrogen functional groups attached to an aromatic ring is 1. The third-order valence-corrected chi connectivity index (χ3v) is 3.14. The predicted molar refractivity (Wildman–Crippen MR) is 91.3 cm³/mol. The van der Waals surface area contributed by atoms with Crippen molar-refractivity contribution in [1.29, 1.82) is 0 Å². The monoisotopic (exact) mass is 306 g/mol. The Balaban J connectivity index is 1.79. The molecule has 23 heavy (non-hydrogen) atoms. The first kappa shape index (κ1) is 14.6. The number of anilines is 5. The van der Waals surface area contributed by atoms with Crippen LogP contribution in [0.3, 0.4) is 0 Å². The zero-order valence-corrected chi connectivity index (χ0v) is 12.6. The summed E-state index contributed by atoms with van der Waals surface area (Å²) in [5.41, 5.74) is 8.14. The minimum atomic E-state index is 0.453. The van der Waals surface area contributed by atoms with Crippen molar-refractivity contribution < 1.29 is 4.74 Å². The molecule has 0 spiro atoms. The molecule has 6 heteroatoms. The van der Waals surface area contributed by atoms with Gasteiger partial charge in [0, 0.05) is 11.4 Å². The molecule has 0 fully saturated rings. The van der Waals surface area contributed by atoms with Gasteiger partial charge in [-0.2, -0.15) is 4.98 Å². The summed E-state index contributed by atoms with van der Waals surface area (Å²) in [7, 11) is 1.63. The first-order valence-electron chi connectivity index (χ1n) is 7.01. The summed E-state index contributed by atoms with van der Waals surface area (Å²) >= 11 is 0. The topological polar surface area (TPSA) is 85.1 Å². The molecule has 4 N–H and O–H groups in total. The Bertz CT molecular complexity index is 775. The van der Waals surface area contributed by atoms with Crippen LogP contribution in [0.4, 0.5) is 28.8 Å². The molecule has 3 aromatic rings. The van der Waals surface area contributed by atoms with Crippen LogP contribution in [0, 0.1) is 6.07 Å². The number of rotatable bonds is 5. The van der Waals surface area contributed by atoms with E-state index in [1.54, 1.807) is 13.3 Å². The van der Waals surface area contributed by atoms with E-state index in [-0.39, 0.29) is 0 Å². The molecule has 0 atom stereocenters. The van der Waals surface area contributed by atoms with Gasteiger partial charge in [-0.1, -0.05) is 12.1 Å². The van der Waals surface area contributed by atoms with Gasteiger partial charge < -0.3 is 21.1 Å². The highest BCUT2D eigenvalue weighted by Gasteiger charge is 2.05. The Labute approximate surface area is 134 Å². The van der Waals surface area contributed by atoms with Crippen LogP contribution in [0.5, 0.6) is 5.75 Å². The molecule has 0 saturated carbocycles. The largest absolute Gasteiger partial charge is 0.497 e. The molecule has 0 bridgehead atoms. The highest BCUT2D eigenvalue weighted by atomic mass is 16.5. The van der Waals surface area contributed by atoms with Crippen LogP contribution in [0.2, 0.25) is 0 Å². The first-order chi connectivity index (χ1) is 11.2. The zero-order chi connectivity index (χ0) is 16.1. The highest BCUT2D eigenvalue weighted by Crippen LogP contribution is 2.23. The molecule has 3 rings (SSSR count). The van der Waals surface area contributed by atoms with Crippen LogP contribution in [0.1, 0.15) is 0 Å². The standard InChI is InChI=1S/C17H16N5O/c1-23-14-9-7-13(8-10-14)21-17-19-11-15(18)16(22-17)20-12-5-3-2-4-6-12/h3-11H,18H2,1H3,(H2,19,20,21,22). The lowest BCUT2D eigenvalue weighted by Crippen LogP contribution is -2.04. The molecular formula is C17H16N5O. The Hall–Kier alpha value is -3.28. The second-order valence-electron chi connectivity index (χ2n) is 4.76. The lowest BCUT2D eigenvalue weighted by Gasteiger charge is -2.11. The normalized spacial score (nSPS) is 10.1. The summed E-state index contributed by atoms with van der Waals surface area (Å²) in [5, 5.41) is 6.29. The average Bonchev–Trinajstić information content (AvgIpc) is 2.59. The molecule has 1 aromatic heterocycles. The van der Waals surface area contributed by atoms with Crippen LogP contribution in [0.25, 0.3) is 0 Å². The third kappa shape index (κ3) is 3.68. The first-order valence-corrected chi connectivity index (χ1v) is 7.01. The summed E-state index contributed by atoms with van der Waals surface area (Å²) in [6, 6.07) is 17.9. The third-order valence-electron chi connectivity index (χ3n) is 3.14. The summed E-state index contributed by atoms with van der Waals surface area (Å²) in [6.45, 7) is 0. The van der Waals surface area contributed by atoms with Crippen molar-refractivity contribution in [2.75, 3.05) is 23.5 Å². The smallest absolute Gasteiger partial charge is 0.229 e. The minimum Gasteiger partial charge on any atom is -0.497 e. The molecule has 2 aromatic carbocycles. The molecular weight excluding hydrogens is 290 g/mol. The number of hydrogen-bond donors (Lipinski definition) is 3. The van der Waals surface area contributed by atoms with Crippen LogP contribution < -0.4 is 21.1 Å². The van der Waals surface area contributed by atoms with Gasteiger partial charge in [-0.3, -0.25) is 0 Å². The molecule has 0 saturated heterocycles. The molecule has 0 amide bonds. The van der Waals surface area contributed by atoms with Crippen molar-refractivity contribution in [3.05, 3.63) is 60.8 Å². The maximum atomic E-state index is 5.93. The van der Waals surface area contributed by atoms with Gasteiger partial charge in [-0.15, -0.1) is 0 Å². The van der Waals surface area contributed by atoms with Crippen LogP contribution in [-0.2, 0) is 0 Å². The number of hydrogen-bond acceptors (Lipinski definition) is 6. The predicted octanol–water partition coefficient (Wildman–Crippen LogP) is 3.35. The van der Waals surface area contributed by atoms with Crippen molar-refractivity contribution >= 4 is 28.8 Å². The van der Waals surface area contributed by atoms with Gasteiger partial charge in [0.15, 0.2) is 5.82 Å². The van der Waals surface area contributed by atoms with E-state index in [0.717, 1.165) is 17.1 Å². The van der Waals surface area contributed by atoms with E-state index in [1.165, 1.54) is 0 Å². The van der Waals surface area contributed by atoms with Crippen LogP contribution in [-0.4, -0.2) is 17.1 Å². The number of ether oxygens (including phenoxy) is 1. The number of nitrogens with one attached hydrogen (secondary N) is 2. The SMILES string of the molecule is COc1ccc(Nc2ncc(N)c(Nc3cc[c]cc3)n2)cc1. The van der Waals surface area contributed by atoms with Gasteiger partial charge in [-0.05, 0) is 42.5 Å². The fourth-order valence-electron chi connectivity index (χ4n) is 1.96. The van der Waals surface area contributed by atoms with Crippen LogP contribution >= 0.6 is 0 Å². The van der Waals surface area contributed by atoms with E-state index in [0.29, 0.717) is 17.5 Å². The summed E-state index contributed by atoms with van der Waals surface area (Å²) in [6.07, 6.45) is 1.57. The van der Waals surface area contributed by atoms with E-state index >= 15 is 0 Å². The molecule has 1 radical (unpaired) electrons. The van der Waals surface area contributed by atoms with Crippen molar-refractivity contribution in [1.82, 2.24) is 9.97 Å². The lowest BCUT2D eigenvalue weighted by atomic mass is 10.3. The van der Waals surface area contributed by atoms with Crippen molar-refractivity contribution in [3.63, 3.8) is 0 Å². The molecule has 1 heterocycles. The van der Waals surface area contributed by atoms with Gasteiger partial charge >= 0.3 is 0 Å². The van der Waals surface area contributed by atoms with Crippen molar-refractivity contribution in [2.24, 2.45) is 0 Å². The van der Waals surface area contributed by atoms with E-state index in [1.807, 2.05) is 48.5 Å². The van der Waals surface area contributed by atoms with E-state index < -0.39 is 0 Å². The molecule has 6 nitrogen and oxygen atoms in total. The number of nitrogens with zero attached hydrogens (tertiary/aromatic N) is 2. The maximum absolute atomic E-state index is 5.93. The Kier molecular flexibility index (Phi) is 4.24. The molecule has 0 aliphatic rings. The number of methoxy groups -OCH3 is 1. The van der Waals surface area contributed by atoms with E-state index in [4.69, 9.17) is 10.5 Å². The molecule has 0 aliphatic heterocycles. The van der Waals surface area contributed by atoms with Gasteiger partial charge in [0.1, 0.15) is 5.75 Å². The number of aromatic nitrogens is 2. The lowest BCUT2D eigenvalue weighted by molar-refractivity contribution is 0.415. The fraction of sp³-hybridized carbons (Fsp3) is 0.0588. The van der Waals surface area contributed by atoms with Gasteiger partial charge in [0.2, 0.25) is 5.95 Å². The van der Waals surface area contributed by atoms with Crippen molar-refractivity contribution in [3.8, 4) is 5.75 Å². The minimum absolute atomic E-state index is 0.453. The number of benzene rings is 2.